The summed E-state index contributed by atoms with van der Waals surface area (Å²) in [5, 5.41) is 13.5. The fraction of sp³-hybridized carbons (Fsp3) is 0.571. The van der Waals surface area contributed by atoms with Gasteiger partial charge in [0.25, 0.3) is 0 Å². The Hall–Kier alpha value is -1.06. The normalized spacial score (nSPS) is 18.2. The van der Waals surface area contributed by atoms with E-state index in [1.54, 1.807) is 7.11 Å². The van der Waals surface area contributed by atoms with E-state index < -0.39 is 5.60 Å². The molecule has 0 atom stereocenters. The number of hydrogen-bond acceptors (Lipinski definition) is 3. The van der Waals surface area contributed by atoms with E-state index in [1.807, 2.05) is 18.2 Å². The van der Waals surface area contributed by atoms with Gasteiger partial charge in [-0.25, -0.2) is 0 Å². The molecular formula is C14H21NO2. The van der Waals surface area contributed by atoms with Gasteiger partial charge in [-0.15, -0.1) is 0 Å². The maximum absolute atomic E-state index is 10.2. The van der Waals surface area contributed by atoms with E-state index in [0.29, 0.717) is 6.54 Å². The van der Waals surface area contributed by atoms with Crippen molar-refractivity contribution in [3.63, 3.8) is 0 Å². The van der Waals surface area contributed by atoms with Gasteiger partial charge in [-0.3, -0.25) is 0 Å². The van der Waals surface area contributed by atoms with E-state index in [2.05, 4.69) is 11.4 Å². The summed E-state index contributed by atoms with van der Waals surface area (Å²) in [6, 6.07) is 8.01. The monoisotopic (exact) mass is 235 g/mol. The Morgan fingerprint density at radius 1 is 1.35 bits per heavy atom. The number of benzene rings is 1. The first kappa shape index (κ1) is 12.4. The predicted molar refractivity (Wildman–Crippen MR) is 68.1 cm³/mol. The minimum atomic E-state index is -0.473. The van der Waals surface area contributed by atoms with Gasteiger partial charge in [-0.05, 0) is 30.5 Å². The van der Waals surface area contributed by atoms with Crippen LogP contribution in [0.2, 0.25) is 0 Å². The van der Waals surface area contributed by atoms with Crippen LogP contribution in [0.3, 0.4) is 0 Å². The third-order valence-electron chi connectivity index (χ3n) is 3.45. The molecule has 0 radical (unpaired) electrons. The van der Waals surface area contributed by atoms with Crippen molar-refractivity contribution >= 4 is 0 Å². The third-order valence-corrected chi connectivity index (χ3v) is 3.45. The molecule has 2 N–H and O–H groups in total. The molecule has 1 fully saturated rings. The molecule has 0 unspecified atom stereocenters. The summed E-state index contributed by atoms with van der Waals surface area (Å²) < 4.78 is 5.18. The number of methoxy groups -OCH3 is 1. The first-order valence-electron chi connectivity index (χ1n) is 6.28. The summed E-state index contributed by atoms with van der Waals surface area (Å²) in [6.07, 6.45) is 4.16. The lowest BCUT2D eigenvalue weighted by molar-refractivity contribution is 0.0475. The Bertz CT molecular complexity index is 359. The second-order valence-electron chi connectivity index (χ2n) is 4.89. The molecule has 3 nitrogen and oxygen atoms in total. The van der Waals surface area contributed by atoms with Crippen molar-refractivity contribution in [2.75, 3.05) is 13.7 Å². The van der Waals surface area contributed by atoms with Crippen LogP contribution in [-0.4, -0.2) is 24.4 Å². The fourth-order valence-corrected chi connectivity index (χ4v) is 2.43. The molecule has 0 spiro atoms. The van der Waals surface area contributed by atoms with Crippen molar-refractivity contribution < 1.29 is 9.84 Å². The second-order valence-corrected chi connectivity index (χ2v) is 4.89. The van der Waals surface area contributed by atoms with Gasteiger partial charge in [0.1, 0.15) is 5.75 Å². The molecule has 1 aliphatic rings. The van der Waals surface area contributed by atoms with Crippen molar-refractivity contribution in [2.45, 2.75) is 37.8 Å². The summed E-state index contributed by atoms with van der Waals surface area (Å²) in [4.78, 5) is 0. The Morgan fingerprint density at radius 3 is 2.82 bits per heavy atom. The highest BCUT2D eigenvalue weighted by Crippen LogP contribution is 2.28. The SMILES string of the molecule is COc1cccc(CNCC2(O)CCCC2)c1. The van der Waals surface area contributed by atoms with Crippen molar-refractivity contribution in [2.24, 2.45) is 0 Å². The van der Waals surface area contributed by atoms with Crippen LogP contribution in [0.25, 0.3) is 0 Å². The van der Waals surface area contributed by atoms with Crippen LogP contribution in [0, 0.1) is 0 Å². The largest absolute Gasteiger partial charge is 0.497 e. The van der Waals surface area contributed by atoms with Crippen LogP contribution in [0.5, 0.6) is 5.75 Å². The molecule has 17 heavy (non-hydrogen) atoms. The van der Waals surface area contributed by atoms with Gasteiger partial charge in [-0.1, -0.05) is 25.0 Å². The summed E-state index contributed by atoms with van der Waals surface area (Å²) in [5.41, 5.74) is 0.713. The predicted octanol–water partition coefficient (Wildman–Crippen LogP) is 2.09. The smallest absolute Gasteiger partial charge is 0.119 e. The summed E-state index contributed by atoms with van der Waals surface area (Å²) >= 11 is 0. The van der Waals surface area contributed by atoms with Crippen molar-refractivity contribution in [3.05, 3.63) is 29.8 Å². The van der Waals surface area contributed by atoms with Crippen molar-refractivity contribution in [3.8, 4) is 5.75 Å². The molecule has 0 bridgehead atoms. The van der Waals surface area contributed by atoms with Crippen LogP contribution in [-0.2, 0) is 6.54 Å². The maximum Gasteiger partial charge on any atom is 0.119 e. The molecular weight excluding hydrogens is 214 g/mol. The molecule has 1 saturated carbocycles. The molecule has 94 valence electrons. The van der Waals surface area contributed by atoms with Gasteiger partial charge in [0.2, 0.25) is 0 Å². The molecule has 1 aromatic rings. The Labute approximate surface area is 103 Å². The number of aliphatic hydroxyl groups is 1. The van der Waals surface area contributed by atoms with Crippen LogP contribution < -0.4 is 10.1 Å². The summed E-state index contributed by atoms with van der Waals surface area (Å²) in [7, 11) is 1.67. The van der Waals surface area contributed by atoms with E-state index in [0.717, 1.165) is 38.0 Å². The van der Waals surface area contributed by atoms with E-state index in [4.69, 9.17) is 4.74 Å². The van der Waals surface area contributed by atoms with Crippen LogP contribution in [0.4, 0.5) is 0 Å². The zero-order valence-electron chi connectivity index (χ0n) is 10.4. The molecule has 2 rings (SSSR count). The minimum Gasteiger partial charge on any atom is -0.497 e. The number of nitrogens with one attached hydrogen (secondary N) is 1. The average molecular weight is 235 g/mol. The Morgan fingerprint density at radius 2 is 2.12 bits per heavy atom. The number of hydrogen-bond donors (Lipinski definition) is 2. The highest BCUT2D eigenvalue weighted by atomic mass is 16.5. The zero-order chi connectivity index (χ0) is 12.1. The van der Waals surface area contributed by atoms with Gasteiger partial charge in [-0.2, -0.15) is 0 Å². The van der Waals surface area contributed by atoms with Gasteiger partial charge in [0, 0.05) is 13.1 Å². The van der Waals surface area contributed by atoms with Crippen molar-refractivity contribution in [1.82, 2.24) is 5.32 Å². The summed E-state index contributed by atoms with van der Waals surface area (Å²) in [5.74, 6) is 0.879. The highest BCUT2D eigenvalue weighted by molar-refractivity contribution is 5.28. The molecule has 0 amide bonds. The zero-order valence-corrected chi connectivity index (χ0v) is 10.4. The van der Waals surface area contributed by atoms with E-state index in [-0.39, 0.29) is 0 Å². The van der Waals surface area contributed by atoms with Crippen LogP contribution >= 0.6 is 0 Å². The Balaban J connectivity index is 1.81. The lowest BCUT2D eigenvalue weighted by Gasteiger charge is -2.22. The Kier molecular flexibility index (Phi) is 4.02. The number of ether oxygens (including phenoxy) is 1. The van der Waals surface area contributed by atoms with Gasteiger partial charge in [0.15, 0.2) is 0 Å². The maximum atomic E-state index is 10.2. The lowest BCUT2D eigenvalue weighted by atomic mass is 10.0. The van der Waals surface area contributed by atoms with Gasteiger partial charge < -0.3 is 15.2 Å². The van der Waals surface area contributed by atoms with E-state index >= 15 is 0 Å². The lowest BCUT2D eigenvalue weighted by Crippen LogP contribution is -2.37. The molecule has 0 aliphatic heterocycles. The molecule has 0 heterocycles. The van der Waals surface area contributed by atoms with Crippen molar-refractivity contribution in [1.29, 1.82) is 0 Å². The molecule has 0 saturated heterocycles. The molecule has 0 aromatic heterocycles. The fourth-order valence-electron chi connectivity index (χ4n) is 2.43. The molecule has 1 aromatic carbocycles. The van der Waals surface area contributed by atoms with Gasteiger partial charge in [0.05, 0.1) is 12.7 Å². The van der Waals surface area contributed by atoms with Gasteiger partial charge >= 0.3 is 0 Å². The second kappa shape index (κ2) is 5.52. The van der Waals surface area contributed by atoms with Crippen LogP contribution in [0.1, 0.15) is 31.2 Å². The van der Waals surface area contributed by atoms with E-state index in [9.17, 15) is 5.11 Å². The van der Waals surface area contributed by atoms with E-state index in [1.165, 1.54) is 5.56 Å². The molecule has 3 heteroatoms. The van der Waals surface area contributed by atoms with Crippen LogP contribution in [0.15, 0.2) is 24.3 Å². The first-order valence-corrected chi connectivity index (χ1v) is 6.28. The first-order chi connectivity index (χ1) is 8.22. The highest BCUT2D eigenvalue weighted by Gasteiger charge is 2.30. The average Bonchev–Trinajstić information content (AvgIpc) is 2.77. The standard InChI is InChI=1S/C14H21NO2/c1-17-13-6-4-5-12(9-13)10-15-11-14(16)7-2-3-8-14/h4-6,9,15-16H,2-3,7-8,10-11H2,1H3. The third kappa shape index (κ3) is 3.45. The quantitative estimate of drug-likeness (QED) is 0.821. The summed E-state index contributed by atoms with van der Waals surface area (Å²) in [6.45, 7) is 1.46. The topological polar surface area (TPSA) is 41.5 Å². The number of rotatable bonds is 5. The molecule has 1 aliphatic carbocycles. The minimum absolute atomic E-state index is 0.473.